The highest BCUT2D eigenvalue weighted by Crippen LogP contribution is 2.11. The van der Waals surface area contributed by atoms with Gasteiger partial charge in [0.25, 0.3) is 11.6 Å². The van der Waals surface area contributed by atoms with Gasteiger partial charge in [0.2, 0.25) is 0 Å². The number of hydrogen-bond donors (Lipinski definition) is 2. The van der Waals surface area contributed by atoms with Crippen LogP contribution in [0.5, 0.6) is 0 Å². The zero-order chi connectivity index (χ0) is 12.0. The first-order chi connectivity index (χ1) is 7.63. The maximum atomic E-state index is 10.6. The van der Waals surface area contributed by atoms with Crippen LogP contribution in [0.4, 0.5) is 5.69 Å². The number of nitro groups is 1. The van der Waals surface area contributed by atoms with E-state index in [2.05, 4.69) is 5.10 Å². The van der Waals surface area contributed by atoms with Crippen molar-refractivity contribution in [1.29, 1.82) is 0 Å². The molecule has 0 saturated heterocycles. The summed E-state index contributed by atoms with van der Waals surface area (Å²) in [5, 5.41) is 22.3. The van der Waals surface area contributed by atoms with E-state index < -0.39 is 17.4 Å². The first-order valence-electron chi connectivity index (χ1n) is 4.30. The minimum atomic E-state index is -0.660. The van der Waals surface area contributed by atoms with Crippen molar-refractivity contribution in [2.75, 3.05) is 6.61 Å². The highest BCUT2D eigenvalue weighted by molar-refractivity contribution is 5.83. The first-order valence-corrected chi connectivity index (χ1v) is 4.30. The molecule has 1 aromatic rings. The molecule has 0 bridgehead atoms. The summed E-state index contributed by atoms with van der Waals surface area (Å²) >= 11 is 0. The third kappa shape index (κ3) is 3.46. The summed E-state index contributed by atoms with van der Waals surface area (Å²) in [5.74, 6) is -0.651. The minimum Gasteiger partial charge on any atom is -0.386 e. The van der Waals surface area contributed by atoms with Gasteiger partial charge in [0.1, 0.15) is 6.61 Å². The van der Waals surface area contributed by atoms with E-state index >= 15 is 0 Å². The van der Waals surface area contributed by atoms with Gasteiger partial charge in [-0.2, -0.15) is 5.10 Å². The fourth-order valence-corrected chi connectivity index (χ4v) is 0.933. The van der Waals surface area contributed by atoms with Gasteiger partial charge in [0.15, 0.2) is 0 Å². The van der Waals surface area contributed by atoms with Gasteiger partial charge in [0.05, 0.1) is 11.1 Å². The Morgan fingerprint density at radius 2 is 2.38 bits per heavy atom. The maximum absolute atomic E-state index is 10.6. The van der Waals surface area contributed by atoms with Gasteiger partial charge in [0, 0.05) is 17.7 Å². The van der Waals surface area contributed by atoms with E-state index in [4.69, 9.17) is 5.11 Å². The molecule has 0 aliphatic rings. The molecule has 7 nitrogen and oxygen atoms in total. The summed E-state index contributed by atoms with van der Waals surface area (Å²) in [4.78, 5) is 20.5. The highest BCUT2D eigenvalue weighted by atomic mass is 16.6. The van der Waals surface area contributed by atoms with Crippen molar-refractivity contribution in [3.8, 4) is 0 Å². The molecule has 84 valence electrons. The van der Waals surface area contributed by atoms with Crippen LogP contribution >= 0.6 is 0 Å². The van der Waals surface area contributed by atoms with Crippen LogP contribution in [0.15, 0.2) is 29.4 Å². The Morgan fingerprint density at radius 1 is 1.62 bits per heavy atom. The van der Waals surface area contributed by atoms with E-state index in [9.17, 15) is 14.9 Å². The number of amides is 1. The van der Waals surface area contributed by atoms with Gasteiger partial charge < -0.3 is 5.11 Å². The molecule has 0 saturated carbocycles. The van der Waals surface area contributed by atoms with Crippen molar-refractivity contribution in [3.63, 3.8) is 0 Å². The Kier molecular flexibility index (Phi) is 4.10. The lowest BCUT2D eigenvalue weighted by Gasteiger charge is -1.95. The fraction of sp³-hybridized carbons (Fsp3) is 0.111. The zero-order valence-corrected chi connectivity index (χ0v) is 8.16. The second-order valence-electron chi connectivity index (χ2n) is 2.80. The molecule has 0 heterocycles. The van der Waals surface area contributed by atoms with Gasteiger partial charge >= 0.3 is 0 Å². The van der Waals surface area contributed by atoms with E-state index in [-0.39, 0.29) is 5.69 Å². The molecule has 1 amide bonds. The molecule has 0 aliphatic heterocycles. The molecule has 0 spiro atoms. The number of benzene rings is 1. The van der Waals surface area contributed by atoms with Gasteiger partial charge in [-0.15, -0.1) is 0 Å². The van der Waals surface area contributed by atoms with Crippen molar-refractivity contribution in [3.05, 3.63) is 39.9 Å². The van der Waals surface area contributed by atoms with Gasteiger partial charge in [-0.1, -0.05) is 12.1 Å². The molecule has 1 aromatic carbocycles. The van der Waals surface area contributed by atoms with Crippen LogP contribution in [0.2, 0.25) is 0 Å². The predicted octanol–water partition coefficient (Wildman–Crippen LogP) is 0.0372. The molecule has 0 aromatic heterocycles. The van der Waals surface area contributed by atoms with Crippen LogP contribution in [0.3, 0.4) is 0 Å². The number of non-ortho nitro benzene ring substituents is 1. The van der Waals surface area contributed by atoms with Gasteiger partial charge in [-0.3, -0.25) is 14.9 Å². The molecule has 0 atom stereocenters. The Balaban J connectivity index is 2.70. The van der Waals surface area contributed by atoms with Crippen molar-refractivity contribution in [1.82, 2.24) is 5.43 Å². The van der Waals surface area contributed by atoms with E-state index in [0.717, 1.165) is 0 Å². The molecular formula is C9H9N3O4. The van der Waals surface area contributed by atoms with E-state index in [1.54, 1.807) is 6.07 Å². The average molecular weight is 223 g/mol. The van der Waals surface area contributed by atoms with Crippen molar-refractivity contribution >= 4 is 17.8 Å². The van der Waals surface area contributed by atoms with Crippen LogP contribution in [-0.4, -0.2) is 28.8 Å². The normalized spacial score (nSPS) is 10.3. The molecule has 16 heavy (non-hydrogen) atoms. The number of rotatable bonds is 4. The van der Waals surface area contributed by atoms with E-state index in [1.807, 2.05) is 5.43 Å². The van der Waals surface area contributed by atoms with Crippen LogP contribution in [0.25, 0.3) is 0 Å². The van der Waals surface area contributed by atoms with E-state index in [0.29, 0.717) is 5.56 Å². The molecule has 2 N–H and O–H groups in total. The Labute approximate surface area is 90.6 Å². The number of hydrogen-bond acceptors (Lipinski definition) is 5. The summed E-state index contributed by atoms with van der Waals surface area (Å²) in [6, 6.07) is 5.77. The smallest absolute Gasteiger partial charge is 0.270 e. The number of hydrazone groups is 1. The van der Waals surface area contributed by atoms with Gasteiger partial charge in [-0.05, 0) is 0 Å². The Morgan fingerprint density at radius 3 is 3.00 bits per heavy atom. The van der Waals surface area contributed by atoms with E-state index in [1.165, 1.54) is 24.4 Å². The zero-order valence-electron chi connectivity index (χ0n) is 8.16. The molecule has 0 fully saturated rings. The topological polar surface area (TPSA) is 105 Å². The average Bonchev–Trinajstić information content (AvgIpc) is 2.29. The van der Waals surface area contributed by atoms with Crippen molar-refractivity contribution in [2.24, 2.45) is 5.10 Å². The SMILES string of the molecule is O=C(CO)N/N=C/c1cccc([N+](=O)[O-])c1. The van der Waals surface area contributed by atoms with Crippen LogP contribution in [-0.2, 0) is 4.79 Å². The quantitative estimate of drug-likeness (QED) is 0.427. The molecule has 7 heteroatoms. The molecule has 1 rings (SSSR count). The molecular weight excluding hydrogens is 214 g/mol. The van der Waals surface area contributed by atoms with Crippen LogP contribution < -0.4 is 5.43 Å². The summed E-state index contributed by atoms with van der Waals surface area (Å²) in [5.41, 5.74) is 2.46. The number of aliphatic hydroxyl groups excluding tert-OH is 1. The molecule has 0 aliphatic carbocycles. The van der Waals surface area contributed by atoms with Gasteiger partial charge in [-0.25, -0.2) is 5.43 Å². The number of aliphatic hydroxyl groups is 1. The lowest BCUT2D eigenvalue weighted by Crippen LogP contribution is -2.20. The largest absolute Gasteiger partial charge is 0.386 e. The summed E-state index contributed by atoms with van der Waals surface area (Å²) in [7, 11) is 0. The first kappa shape index (κ1) is 11.8. The summed E-state index contributed by atoms with van der Waals surface area (Å²) in [6.07, 6.45) is 1.25. The lowest BCUT2D eigenvalue weighted by atomic mass is 10.2. The second kappa shape index (κ2) is 5.56. The standard InChI is InChI=1S/C9H9N3O4/c13-6-9(14)11-10-5-7-2-1-3-8(4-7)12(15)16/h1-5,13H,6H2,(H,11,14)/b10-5+. The summed E-state index contributed by atoms with van der Waals surface area (Å²) in [6.45, 7) is -0.660. The highest BCUT2D eigenvalue weighted by Gasteiger charge is 2.03. The number of carbonyl (C=O) groups excluding carboxylic acids is 1. The van der Waals surface area contributed by atoms with Crippen LogP contribution in [0.1, 0.15) is 5.56 Å². The maximum Gasteiger partial charge on any atom is 0.270 e. The van der Waals surface area contributed by atoms with Crippen LogP contribution in [0, 0.1) is 10.1 Å². The monoisotopic (exact) mass is 223 g/mol. The predicted molar refractivity (Wildman–Crippen MR) is 55.9 cm³/mol. The van der Waals surface area contributed by atoms with Crippen molar-refractivity contribution < 1.29 is 14.8 Å². The number of carbonyl (C=O) groups is 1. The van der Waals surface area contributed by atoms with Crippen molar-refractivity contribution in [2.45, 2.75) is 0 Å². The lowest BCUT2D eigenvalue weighted by molar-refractivity contribution is -0.384. The number of nitrogens with one attached hydrogen (secondary N) is 1. The Hall–Kier alpha value is -2.28. The number of nitro benzene ring substituents is 1. The second-order valence-corrected chi connectivity index (χ2v) is 2.80. The summed E-state index contributed by atoms with van der Waals surface area (Å²) < 4.78 is 0. The Bertz CT molecular complexity index is 431. The molecule has 0 unspecified atom stereocenters. The molecule has 0 radical (unpaired) electrons. The third-order valence-corrected chi connectivity index (χ3v) is 1.63. The third-order valence-electron chi connectivity index (χ3n) is 1.63. The minimum absolute atomic E-state index is 0.0579. The number of nitrogens with zero attached hydrogens (tertiary/aromatic N) is 2. The fourth-order valence-electron chi connectivity index (χ4n) is 0.933.